The molecular weight excluding hydrogens is 506 g/mol. The van der Waals surface area contributed by atoms with Crippen LogP contribution in [0, 0.1) is 6.92 Å². The molecule has 0 amide bonds. The lowest BCUT2D eigenvalue weighted by Gasteiger charge is -2.13. The largest absolute Gasteiger partial charge is 0.497 e. The van der Waals surface area contributed by atoms with Gasteiger partial charge in [0.2, 0.25) is 5.95 Å². The lowest BCUT2D eigenvalue weighted by atomic mass is 10.1. The molecule has 10 heteroatoms. The number of aryl methyl sites for hydroxylation is 1. The average molecular weight is 540 g/mol. The van der Waals surface area contributed by atoms with Crippen LogP contribution in [0.5, 0.6) is 17.2 Å². The lowest BCUT2D eigenvalue weighted by molar-refractivity contribution is 0.414. The maximum atomic E-state index is 5.51. The molecule has 0 saturated heterocycles. The minimum atomic E-state index is 0.333. The molecule has 3 N–H and O–H groups in total. The standard InChI is InChI=1S/C30H33N7O3/c1-19-13-14-27(40-6)26(15-19)31-30-32-28(36-34-20(2)22-9-7-11-24(16-22)38-4)18-29(33-30)37-35-21(3)23-10-8-12-25(17-23)39-5/h7-18H,1-6H3,(H3,31,32,33,36,37). The second kappa shape index (κ2) is 13.1. The van der Waals surface area contributed by atoms with Crippen molar-refractivity contribution in [2.24, 2.45) is 10.2 Å². The van der Waals surface area contributed by atoms with Gasteiger partial charge in [-0.05, 0) is 62.7 Å². The van der Waals surface area contributed by atoms with Crippen molar-refractivity contribution in [3.8, 4) is 17.2 Å². The summed E-state index contributed by atoms with van der Waals surface area (Å²) in [6.07, 6.45) is 0. The van der Waals surface area contributed by atoms with Crippen molar-refractivity contribution in [1.29, 1.82) is 0 Å². The number of benzene rings is 3. The Balaban J connectivity index is 1.65. The fraction of sp³-hybridized carbons (Fsp3) is 0.200. The van der Waals surface area contributed by atoms with Crippen molar-refractivity contribution in [3.63, 3.8) is 0 Å². The Hall–Kier alpha value is -5.12. The molecule has 0 unspecified atom stereocenters. The maximum absolute atomic E-state index is 5.51. The highest BCUT2D eigenvalue weighted by Gasteiger charge is 2.10. The van der Waals surface area contributed by atoms with Crippen molar-refractivity contribution < 1.29 is 14.2 Å². The van der Waals surface area contributed by atoms with Crippen LogP contribution in [0.2, 0.25) is 0 Å². The van der Waals surface area contributed by atoms with E-state index in [1.807, 2.05) is 87.5 Å². The van der Waals surface area contributed by atoms with E-state index in [4.69, 9.17) is 14.2 Å². The molecule has 0 spiro atoms. The Morgan fingerprint density at radius 3 is 1.73 bits per heavy atom. The number of hydrogen-bond acceptors (Lipinski definition) is 10. The van der Waals surface area contributed by atoms with Gasteiger partial charge in [0.1, 0.15) is 17.2 Å². The summed E-state index contributed by atoms with van der Waals surface area (Å²) < 4.78 is 16.2. The molecule has 0 atom stereocenters. The summed E-state index contributed by atoms with van der Waals surface area (Å²) >= 11 is 0. The van der Waals surface area contributed by atoms with Gasteiger partial charge < -0.3 is 19.5 Å². The summed E-state index contributed by atoms with van der Waals surface area (Å²) in [7, 11) is 4.89. The maximum Gasteiger partial charge on any atom is 0.231 e. The van der Waals surface area contributed by atoms with E-state index in [1.165, 1.54) is 0 Å². The number of aromatic nitrogens is 2. The van der Waals surface area contributed by atoms with Crippen LogP contribution in [-0.2, 0) is 0 Å². The fourth-order valence-electron chi connectivity index (χ4n) is 3.77. The number of methoxy groups -OCH3 is 3. The number of rotatable bonds is 11. The van der Waals surface area contributed by atoms with Gasteiger partial charge in [0, 0.05) is 17.2 Å². The first-order valence-electron chi connectivity index (χ1n) is 12.6. The first-order chi connectivity index (χ1) is 19.4. The van der Waals surface area contributed by atoms with Crippen LogP contribution in [0.15, 0.2) is 83.0 Å². The second-order valence-corrected chi connectivity index (χ2v) is 8.87. The monoisotopic (exact) mass is 539 g/mol. The minimum absolute atomic E-state index is 0.333. The first-order valence-corrected chi connectivity index (χ1v) is 12.6. The molecule has 0 aliphatic rings. The number of hydrogen-bond donors (Lipinski definition) is 3. The average Bonchev–Trinajstić information content (AvgIpc) is 2.98. The summed E-state index contributed by atoms with van der Waals surface area (Å²) in [5.41, 5.74) is 11.2. The molecule has 0 fully saturated rings. The molecule has 4 rings (SSSR count). The van der Waals surface area contributed by atoms with E-state index < -0.39 is 0 Å². The van der Waals surface area contributed by atoms with Crippen molar-refractivity contribution in [2.75, 3.05) is 37.5 Å². The molecule has 0 saturated carbocycles. The predicted octanol–water partition coefficient (Wildman–Crippen LogP) is 6.23. The Morgan fingerprint density at radius 2 is 1.23 bits per heavy atom. The van der Waals surface area contributed by atoms with Crippen molar-refractivity contribution in [2.45, 2.75) is 20.8 Å². The zero-order chi connectivity index (χ0) is 28.5. The molecule has 0 radical (unpaired) electrons. The number of nitrogens with zero attached hydrogens (tertiary/aromatic N) is 4. The van der Waals surface area contributed by atoms with Crippen LogP contribution in [0.4, 0.5) is 23.3 Å². The number of ether oxygens (including phenoxy) is 3. The van der Waals surface area contributed by atoms with Gasteiger partial charge >= 0.3 is 0 Å². The highest BCUT2D eigenvalue weighted by molar-refractivity contribution is 6.00. The van der Waals surface area contributed by atoms with Crippen LogP contribution in [0.25, 0.3) is 0 Å². The zero-order valence-electron chi connectivity index (χ0n) is 23.4. The summed E-state index contributed by atoms with van der Waals surface area (Å²) in [6.45, 7) is 5.81. The number of hydrazone groups is 2. The predicted molar refractivity (Wildman–Crippen MR) is 161 cm³/mol. The van der Waals surface area contributed by atoms with E-state index in [0.29, 0.717) is 23.3 Å². The van der Waals surface area contributed by atoms with Crippen LogP contribution in [-0.4, -0.2) is 42.7 Å². The third-order valence-electron chi connectivity index (χ3n) is 5.98. The van der Waals surface area contributed by atoms with E-state index in [1.54, 1.807) is 27.4 Å². The Bertz CT molecular complexity index is 1450. The molecule has 1 heterocycles. The van der Waals surface area contributed by atoms with Gasteiger partial charge in [0.05, 0.1) is 38.4 Å². The normalized spacial score (nSPS) is 11.6. The minimum Gasteiger partial charge on any atom is -0.497 e. The van der Waals surface area contributed by atoms with E-state index >= 15 is 0 Å². The third-order valence-corrected chi connectivity index (χ3v) is 5.98. The van der Waals surface area contributed by atoms with Gasteiger partial charge in [-0.15, -0.1) is 0 Å². The fourth-order valence-corrected chi connectivity index (χ4v) is 3.77. The molecule has 0 bridgehead atoms. The van der Waals surface area contributed by atoms with E-state index in [0.717, 1.165) is 45.3 Å². The highest BCUT2D eigenvalue weighted by atomic mass is 16.5. The van der Waals surface area contributed by atoms with E-state index in [9.17, 15) is 0 Å². The molecular formula is C30H33N7O3. The summed E-state index contributed by atoms with van der Waals surface area (Å²) in [5.74, 6) is 3.43. The molecule has 4 aromatic rings. The molecule has 0 aliphatic carbocycles. The Labute approximate surface area is 234 Å². The SMILES string of the molecule is COc1cccc(C(C)=NNc2cc(NN=C(C)c3cccc(OC)c3)nc(Nc3cc(C)ccc3OC)n2)c1. The number of anilines is 4. The first kappa shape index (κ1) is 27.9. The Morgan fingerprint density at radius 1 is 0.675 bits per heavy atom. The quantitative estimate of drug-likeness (QED) is 0.152. The van der Waals surface area contributed by atoms with Crippen LogP contribution >= 0.6 is 0 Å². The molecule has 10 nitrogen and oxygen atoms in total. The number of nitrogens with one attached hydrogen (secondary N) is 3. The van der Waals surface area contributed by atoms with Crippen molar-refractivity contribution in [1.82, 2.24) is 9.97 Å². The van der Waals surface area contributed by atoms with Gasteiger partial charge in [0.25, 0.3) is 0 Å². The van der Waals surface area contributed by atoms with Gasteiger partial charge in [0.15, 0.2) is 11.6 Å². The summed E-state index contributed by atoms with van der Waals surface area (Å²) in [5, 5.41) is 12.3. The second-order valence-electron chi connectivity index (χ2n) is 8.87. The molecule has 0 aliphatic heterocycles. The summed E-state index contributed by atoms with van der Waals surface area (Å²) in [4.78, 5) is 9.23. The van der Waals surface area contributed by atoms with Gasteiger partial charge in [-0.25, -0.2) is 0 Å². The van der Waals surface area contributed by atoms with E-state index in [-0.39, 0.29) is 0 Å². The van der Waals surface area contributed by atoms with Gasteiger partial charge in [-0.2, -0.15) is 20.2 Å². The smallest absolute Gasteiger partial charge is 0.231 e. The molecule has 40 heavy (non-hydrogen) atoms. The summed E-state index contributed by atoms with van der Waals surface area (Å²) in [6, 6.07) is 22.9. The van der Waals surface area contributed by atoms with Crippen molar-refractivity contribution in [3.05, 3.63) is 89.5 Å². The van der Waals surface area contributed by atoms with Crippen molar-refractivity contribution >= 4 is 34.7 Å². The third kappa shape index (κ3) is 7.25. The van der Waals surface area contributed by atoms with Gasteiger partial charge in [-0.3, -0.25) is 10.9 Å². The molecule has 3 aromatic carbocycles. The van der Waals surface area contributed by atoms with Crippen LogP contribution in [0.1, 0.15) is 30.5 Å². The van der Waals surface area contributed by atoms with Crippen LogP contribution < -0.4 is 30.4 Å². The highest BCUT2D eigenvalue weighted by Crippen LogP contribution is 2.28. The lowest BCUT2D eigenvalue weighted by Crippen LogP contribution is -2.07. The van der Waals surface area contributed by atoms with Crippen LogP contribution in [0.3, 0.4) is 0 Å². The van der Waals surface area contributed by atoms with Gasteiger partial charge in [-0.1, -0.05) is 30.3 Å². The zero-order valence-corrected chi connectivity index (χ0v) is 23.4. The molecule has 206 valence electrons. The van der Waals surface area contributed by atoms with E-state index in [2.05, 4.69) is 36.3 Å². The molecule has 1 aromatic heterocycles. The topological polar surface area (TPSA) is 114 Å². The Kier molecular flexibility index (Phi) is 9.14.